The second-order valence-corrected chi connectivity index (χ2v) is 13.2. The van der Waals surface area contributed by atoms with Crippen molar-refractivity contribution in [2.45, 2.75) is 0 Å². The van der Waals surface area contributed by atoms with Crippen LogP contribution in [0.3, 0.4) is 0 Å². The van der Waals surface area contributed by atoms with E-state index in [1.165, 1.54) is 0 Å². The summed E-state index contributed by atoms with van der Waals surface area (Å²) < 4.78 is 14.9. The average molecular weight is 558 g/mol. The van der Waals surface area contributed by atoms with Gasteiger partial charge in [-0.05, 0) is 17.5 Å². The molecular formula is C37H24N3OP. The summed E-state index contributed by atoms with van der Waals surface area (Å²) in [7, 11) is -3.07. The van der Waals surface area contributed by atoms with Crippen molar-refractivity contribution >= 4 is 66.5 Å². The van der Waals surface area contributed by atoms with Crippen molar-refractivity contribution in [3.8, 4) is 11.3 Å². The molecule has 0 radical (unpaired) electrons. The fourth-order valence-corrected chi connectivity index (χ4v) is 8.62. The molecule has 3 heterocycles. The predicted octanol–water partition coefficient (Wildman–Crippen LogP) is 7.79. The number of fused-ring (bicyclic) bond motifs is 7. The van der Waals surface area contributed by atoms with Crippen molar-refractivity contribution in [2.24, 2.45) is 0 Å². The summed E-state index contributed by atoms with van der Waals surface area (Å²) in [6, 6.07) is 44.1. The summed E-state index contributed by atoms with van der Waals surface area (Å²) in [4.78, 5) is 14.8. The first-order chi connectivity index (χ1) is 20.7. The summed E-state index contributed by atoms with van der Waals surface area (Å²) >= 11 is 0. The molecule has 0 fully saturated rings. The fourth-order valence-electron chi connectivity index (χ4n) is 5.97. The van der Waals surface area contributed by atoms with Gasteiger partial charge in [0.05, 0.1) is 22.2 Å². The SMILES string of the molecule is O=P(c1ccccc1)(c1ccccc1)c1ccc(-c2nc3c(cnc4c3ccc3cccnc34)c3ccccc23)cc1. The molecule has 3 aromatic heterocycles. The number of nitrogens with zero attached hydrogens (tertiary/aromatic N) is 3. The van der Waals surface area contributed by atoms with E-state index in [2.05, 4.69) is 53.5 Å². The smallest absolute Gasteiger partial charge is 0.171 e. The van der Waals surface area contributed by atoms with Crippen LogP contribution in [0.4, 0.5) is 0 Å². The van der Waals surface area contributed by atoms with Crippen LogP contribution < -0.4 is 15.9 Å². The first-order valence-electron chi connectivity index (χ1n) is 13.9. The zero-order chi connectivity index (χ0) is 28.1. The van der Waals surface area contributed by atoms with Crippen LogP contribution in [0, 0.1) is 0 Å². The fraction of sp³-hybridized carbons (Fsp3) is 0. The molecule has 0 bridgehead atoms. The van der Waals surface area contributed by atoms with Gasteiger partial charge < -0.3 is 4.57 Å². The summed E-state index contributed by atoms with van der Waals surface area (Å²) in [6.45, 7) is 0. The van der Waals surface area contributed by atoms with Gasteiger partial charge in [0.2, 0.25) is 0 Å². The average Bonchev–Trinajstić information content (AvgIpc) is 3.08. The van der Waals surface area contributed by atoms with Crippen molar-refractivity contribution in [3.63, 3.8) is 0 Å². The van der Waals surface area contributed by atoms with Crippen molar-refractivity contribution in [3.05, 3.63) is 146 Å². The van der Waals surface area contributed by atoms with Crippen LogP contribution >= 0.6 is 7.14 Å². The van der Waals surface area contributed by atoms with Crippen LogP contribution in [0.25, 0.3) is 54.7 Å². The minimum absolute atomic E-state index is 0.793. The third-order valence-corrected chi connectivity index (χ3v) is 11.1. The van der Waals surface area contributed by atoms with Crippen molar-refractivity contribution in [1.29, 1.82) is 0 Å². The van der Waals surface area contributed by atoms with Crippen molar-refractivity contribution in [1.82, 2.24) is 15.0 Å². The second kappa shape index (κ2) is 9.73. The van der Waals surface area contributed by atoms with E-state index in [9.17, 15) is 4.57 Å². The third kappa shape index (κ3) is 3.77. The topological polar surface area (TPSA) is 55.7 Å². The molecule has 0 saturated heterocycles. The number of pyridine rings is 3. The van der Waals surface area contributed by atoms with Crippen molar-refractivity contribution < 1.29 is 4.57 Å². The number of benzene rings is 5. The van der Waals surface area contributed by atoms with E-state index in [1.807, 2.05) is 91.1 Å². The number of rotatable bonds is 4. The molecule has 198 valence electrons. The van der Waals surface area contributed by atoms with E-state index < -0.39 is 7.14 Å². The van der Waals surface area contributed by atoms with Gasteiger partial charge in [0.25, 0.3) is 0 Å². The Morgan fingerprint density at radius 2 is 1.10 bits per heavy atom. The van der Waals surface area contributed by atoms with E-state index in [0.29, 0.717) is 0 Å². The maximum absolute atomic E-state index is 14.9. The largest absolute Gasteiger partial charge is 0.309 e. The standard InChI is InChI=1S/C37H24N3OP/c41-42(27-11-3-1-4-12-27,28-13-5-2-6-14-28)29-20-17-26(18-21-29)34-31-16-8-7-15-30(31)33-24-39-37-32(36(33)40-34)22-19-25-10-9-23-38-35(25)37/h1-24H. The molecule has 0 aliphatic heterocycles. The Balaban J connectivity index is 1.35. The summed E-state index contributed by atoms with van der Waals surface area (Å²) in [5.41, 5.74) is 4.46. The molecule has 0 spiro atoms. The Bertz CT molecular complexity index is 2280. The lowest BCUT2D eigenvalue weighted by atomic mass is 9.99. The number of hydrogen-bond donors (Lipinski definition) is 0. The molecule has 0 atom stereocenters. The summed E-state index contributed by atoms with van der Waals surface area (Å²) in [5.74, 6) is 0. The van der Waals surface area contributed by atoms with E-state index >= 15 is 0 Å². The molecule has 5 heteroatoms. The van der Waals surface area contributed by atoms with Gasteiger partial charge in [-0.25, -0.2) is 4.98 Å². The van der Waals surface area contributed by atoms with Crippen molar-refractivity contribution in [2.75, 3.05) is 0 Å². The van der Waals surface area contributed by atoms with Gasteiger partial charge in [-0.1, -0.05) is 121 Å². The molecule has 4 nitrogen and oxygen atoms in total. The highest BCUT2D eigenvalue weighted by molar-refractivity contribution is 7.85. The Morgan fingerprint density at radius 1 is 0.452 bits per heavy atom. The van der Waals surface area contributed by atoms with Gasteiger partial charge in [0, 0.05) is 55.4 Å². The first-order valence-corrected chi connectivity index (χ1v) is 15.6. The van der Waals surface area contributed by atoms with Gasteiger partial charge in [0.1, 0.15) is 0 Å². The van der Waals surface area contributed by atoms with Gasteiger partial charge >= 0.3 is 0 Å². The minimum atomic E-state index is -3.07. The van der Waals surface area contributed by atoms with Gasteiger partial charge in [-0.3, -0.25) is 9.97 Å². The Hall–Kier alpha value is -5.18. The van der Waals surface area contributed by atoms with Gasteiger partial charge in [0.15, 0.2) is 7.14 Å². The maximum Gasteiger partial charge on any atom is 0.171 e. The lowest BCUT2D eigenvalue weighted by molar-refractivity contribution is 0.592. The maximum atomic E-state index is 14.9. The molecule has 8 aromatic rings. The number of aromatic nitrogens is 3. The Kier molecular flexibility index (Phi) is 5.70. The highest BCUT2D eigenvalue weighted by Gasteiger charge is 2.29. The Morgan fingerprint density at radius 3 is 1.81 bits per heavy atom. The monoisotopic (exact) mass is 557 g/mol. The van der Waals surface area contributed by atoms with Gasteiger partial charge in [-0.2, -0.15) is 0 Å². The van der Waals surface area contributed by atoms with E-state index in [1.54, 1.807) is 6.20 Å². The third-order valence-electron chi connectivity index (χ3n) is 8.02. The minimum Gasteiger partial charge on any atom is -0.309 e. The first kappa shape index (κ1) is 24.6. The lowest BCUT2D eigenvalue weighted by Gasteiger charge is -2.20. The van der Waals surface area contributed by atoms with Crippen LogP contribution in [-0.4, -0.2) is 15.0 Å². The molecule has 5 aromatic carbocycles. The van der Waals surface area contributed by atoms with Crippen LogP contribution in [-0.2, 0) is 4.57 Å². The van der Waals surface area contributed by atoms with Gasteiger partial charge in [-0.15, -0.1) is 0 Å². The van der Waals surface area contributed by atoms with E-state index in [-0.39, 0.29) is 0 Å². The summed E-state index contributed by atoms with van der Waals surface area (Å²) in [6.07, 6.45) is 3.72. The van der Waals surface area contributed by atoms with E-state index in [0.717, 1.165) is 70.7 Å². The molecular weight excluding hydrogens is 533 g/mol. The molecule has 8 rings (SSSR count). The van der Waals surface area contributed by atoms with Crippen LogP contribution in [0.2, 0.25) is 0 Å². The molecule has 0 saturated carbocycles. The molecule has 0 aliphatic carbocycles. The molecule has 0 aliphatic rings. The lowest BCUT2D eigenvalue weighted by Crippen LogP contribution is -2.24. The second-order valence-electron chi connectivity index (χ2n) is 10.4. The van der Waals surface area contributed by atoms with Crippen LogP contribution in [0.5, 0.6) is 0 Å². The zero-order valence-electron chi connectivity index (χ0n) is 22.6. The molecule has 0 N–H and O–H groups in total. The van der Waals surface area contributed by atoms with Crippen LogP contribution in [0.15, 0.2) is 146 Å². The normalized spacial score (nSPS) is 11.9. The highest BCUT2D eigenvalue weighted by Crippen LogP contribution is 2.43. The van der Waals surface area contributed by atoms with Crippen LogP contribution in [0.1, 0.15) is 0 Å². The summed E-state index contributed by atoms with van der Waals surface area (Å²) in [5, 5.41) is 7.60. The zero-order valence-corrected chi connectivity index (χ0v) is 23.4. The number of hydrogen-bond acceptors (Lipinski definition) is 4. The van der Waals surface area contributed by atoms with E-state index in [4.69, 9.17) is 9.97 Å². The highest BCUT2D eigenvalue weighted by atomic mass is 31.2. The predicted molar refractivity (Wildman–Crippen MR) is 175 cm³/mol. The quantitative estimate of drug-likeness (QED) is 0.164. The Labute approximate surface area is 242 Å². The molecule has 42 heavy (non-hydrogen) atoms. The molecule has 0 amide bonds. The molecule has 0 unspecified atom stereocenters.